The molecule has 0 unspecified atom stereocenters. The summed E-state index contributed by atoms with van der Waals surface area (Å²) >= 11 is 5.70. The Labute approximate surface area is 89.1 Å². The predicted molar refractivity (Wildman–Crippen MR) is 53.7 cm³/mol. The fourth-order valence-corrected chi connectivity index (χ4v) is 1.62. The maximum absolute atomic E-state index is 13.3. The molecule has 0 saturated heterocycles. The zero-order valence-electron chi connectivity index (χ0n) is 7.37. The molecule has 1 N–H and O–H groups in total. The number of aromatic nitrogens is 1. The molecule has 2 rings (SSSR count). The number of carboxylic acid groups (broad SMARTS) is 1. The van der Waals surface area contributed by atoms with Gasteiger partial charge in [-0.05, 0) is 17.5 Å². The van der Waals surface area contributed by atoms with Gasteiger partial charge in [-0.2, -0.15) is 0 Å². The molecule has 5 heteroatoms. The number of hydrogen-bond donors (Lipinski definition) is 1. The lowest BCUT2D eigenvalue weighted by Crippen LogP contribution is -2.00. The summed E-state index contributed by atoms with van der Waals surface area (Å²) in [5.41, 5.74) is -0.196. The van der Waals surface area contributed by atoms with Crippen LogP contribution in [0.25, 0.3) is 10.8 Å². The lowest BCUT2D eigenvalue weighted by Gasteiger charge is -2.02. The molecule has 1 heterocycles. The van der Waals surface area contributed by atoms with E-state index in [9.17, 15) is 9.18 Å². The van der Waals surface area contributed by atoms with Gasteiger partial charge in [0, 0.05) is 0 Å². The minimum Gasteiger partial charge on any atom is -0.477 e. The molecule has 0 aliphatic heterocycles. The van der Waals surface area contributed by atoms with E-state index in [4.69, 9.17) is 16.7 Å². The van der Waals surface area contributed by atoms with Crippen molar-refractivity contribution in [2.45, 2.75) is 0 Å². The Morgan fingerprint density at radius 1 is 1.47 bits per heavy atom. The molecule has 0 spiro atoms. The lowest BCUT2D eigenvalue weighted by atomic mass is 10.1. The summed E-state index contributed by atoms with van der Waals surface area (Å²) in [6.07, 6.45) is 0. The van der Waals surface area contributed by atoms with E-state index in [1.807, 2.05) is 0 Å². The number of carbonyl (C=O) groups is 1. The number of fused-ring (bicyclic) bond motifs is 1. The van der Waals surface area contributed by atoms with Gasteiger partial charge in [0.1, 0.15) is 11.0 Å². The van der Waals surface area contributed by atoms with Crippen molar-refractivity contribution in [3.05, 3.63) is 40.9 Å². The van der Waals surface area contributed by atoms with E-state index >= 15 is 0 Å². The Balaban J connectivity index is 2.84. The van der Waals surface area contributed by atoms with Crippen LogP contribution in [0.15, 0.2) is 24.3 Å². The van der Waals surface area contributed by atoms with Crippen LogP contribution in [-0.4, -0.2) is 16.1 Å². The normalized spacial score (nSPS) is 10.5. The molecular weight excluding hydrogens is 221 g/mol. The molecule has 0 aliphatic rings. The van der Waals surface area contributed by atoms with E-state index in [0.29, 0.717) is 5.39 Å². The number of halogens is 2. The van der Waals surface area contributed by atoms with Crippen molar-refractivity contribution in [2.24, 2.45) is 0 Å². The fraction of sp³-hybridized carbons (Fsp3) is 0. The second-order valence-electron chi connectivity index (χ2n) is 2.94. The van der Waals surface area contributed by atoms with E-state index in [-0.39, 0.29) is 16.2 Å². The minimum atomic E-state index is -1.19. The fourth-order valence-electron chi connectivity index (χ4n) is 1.33. The van der Waals surface area contributed by atoms with Gasteiger partial charge in [0.15, 0.2) is 5.69 Å². The molecule has 0 atom stereocenters. The van der Waals surface area contributed by atoms with E-state index in [2.05, 4.69) is 4.98 Å². The SMILES string of the molecule is O=C(O)c1cc2cccc(F)c2c(Cl)n1. The van der Waals surface area contributed by atoms with Crippen molar-refractivity contribution in [1.82, 2.24) is 4.98 Å². The highest BCUT2D eigenvalue weighted by Gasteiger charge is 2.11. The van der Waals surface area contributed by atoms with Gasteiger partial charge in [-0.25, -0.2) is 14.2 Å². The molecule has 0 aliphatic carbocycles. The van der Waals surface area contributed by atoms with Gasteiger partial charge in [0.2, 0.25) is 0 Å². The van der Waals surface area contributed by atoms with Crippen LogP contribution in [0, 0.1) is 5.82 Å². The maximum Gasteiger partial charge on any atom is 0.354 e. The van der Waals surface area contributed by atoms with Gasteiger partial charge in [-0.15, -0.1) is 0 Å². The van der Waals surface area contributed by atoms with Crippen LogP contribution < -0.4 is 0 Å². The Hall–Kier alpha value is -1.68. The van der Waals surface area contributed by atoms with Crippen LogP contribution in [0.1, 0.15) is 10.5 Å². The molecule has 1 aromatic heterocycles. The van der Waals surface area contributed by atoms with Crippen molar-refractivity contribution < 1.29 is 14.3 Å². The zero-order chi connectivity index (χ0) is 11.0. The van der Waals surface area contributed by atoms with Gasteiger partial charge < -0.3 is 5.11 Å². The van der Waals surface area contributed by atoms with Crippen molar-refractivity contribution in [1.29, 1.82) is 0 Å². The van der Waals surface area contributed by atoms with Crippen molar-refractivity contribution in [3.8, 4) is 0 Å². The summed E-state index contributed by atoms with van der Waals surface area (Å²) in [6, 6.07) is 5.60. The first kappa shape index (κ1) is 9.86. The molecule has 76 valence electrons. The molecule has 0 amide bonds. The Morgan fingerprint density at radius 3 is 2.87 bits per heavy atom. The minimum absolute atomic E-state index is 0.136. The van der Waals surface area contributed by atoms with E-state index in [1.165, 1.54) is 18.2 Å². The third-order valence-electron chi connectivity index (χ3n) is 1.98. The molecule has 2 aromatic rings. The first-order valence-electron chi connectivity index (χ1n) is 4.07. The van der Waals surface area contributed by atoms with E-state index in [0.717, 1.165) is 0 Å². The summed E-state index contributed by atoms with van der Waals surface area (Å²) in [6.45, 7) is 0. The molecule has 1 aromatic carbocycles. The largest absolute Gasteiger partial charge is 0.477 e. The van der Waals surface area contributed by atoms with Gasteiger partial charge >= 0.3 is 5.97 Å². The van der Waals surface area contributed by atoms with Crippen LogP contribution >= 0.6 is 11.6 Å². The smallest absolute Gasteiger partial charge is 0.354 e. The molecule has 15 heavy (non-hydrogen) atoms. The summed E-state index contributed by atoms with van der Waals surface area (Å²) < 4.78 is 13.3. The molecule has 0 fully saturated rings. The van der Waals surface area contributed by atoms with Gasteiger partial charge in [-0.3, -0.25) is 0 Å². The zero-order valence-corrected chi connectivity index (χ0v) is 8.12. The first-order valence-corrected chi connectivity index (χ1v) is 4.45. The maximum atomic E-state index is 13.3. The van der Waals surface area contributed by atoms with Crippen LogP contribution in [0.2, 0.25) is 5.15 Å². The summed E-state index contributed by atoms with van der Waals surface area (Å²) in [5.74, 6) is -1.70. The number of aromatic carboxylic acids is 1. The molecule has 3 nitrogen and oxygen atoms in total. The molecule has 0 bridgehead atoms. The highest BCUT2D eigenvalue weighted by atomic mass is 35.5. The Kier molecular flexibility index (Phi) is 2.28. The number of rotatable bonds is 1. The quantitative estimate of drug-likeness (QED) is 0.760. The average molecular weight is 226 g/mol. The summed E-state index contributed by atoms with van der Waals surface area (Å²) in [4.78, 5) is 14.3. The lowest BCUT2D eigenvalue weighted by molar-refractivity contribution is 0.0690. The first-order chi connectivity index (χ1) is 7.09. The van der Waals surface area contributed by atoms with E-state index in [1.54, 1.807) is 6.07 Å². The van der Waals surface area contributed by atoms with Crippen molar-refractivity contribution in [3.63, 3.8) is 0 Å². The van der Waals surface area contributed by atoms with Gasteiger partial charge in [0.25, 0.3) is 0 Å². The third-order valence-corrected chi connectivity index (χ3v) is 2.26. The summed E-state index contributed by atoms with van der Waals surface area (Å²) in [5, 5.41) is 9.15. The van der Waals surface area contributed by atoms with Crippen molar-refractivity contribution in [2.75, 3.05) is 0 Å². The second-order valence-corrected chi connectivity index (χ2v) is 3.30. The average Bonchev–Trinajstić information content (AvgIpc) is 2.17. The highest BCUT2D eigenvalue weighted by molar-refractivity contribution is 6.34. The topological polar surface area (TPSA) is 50.2 Å². The molecule has 0 saturated carbocycles. The number of benzene rings is 1. The standard InChI is InChI=1S/C10H5ClFNO2/c11-9-8-5(2-1-3-6(8)12)4-7(13-9)10(14)15/h1-4H,(H,14,15). The molecular formula is C10H5ClFNO2. The van der Waals surface area contributed by atoms with Crippen LogP contribution in [0.4, 0.5) is 4.39 Å². The third kappa shape index (κ3) is 1.64. The highest BCUT2D eigenvalue weighted by Crippen LogP contribution is 2.25. The van der Waals surface area contributed by atoms with Gasteiger partial charge in [-0.1, -0.05) is 23.7 Å². The number of carboxylic acids is 1. The Bertz CT molecular complexity index is 556. The second kappa shape index (κ2) is 3.47. The van der Waals surface area contributed by atoms with Crippen LogP contribution in [0.3, 0.4) is 0 Å². The Morgan fingerprint density at radius 2 is 2.20 bits per heavy atom. The van der Waals surface area contributed by atoms with Gasteiger partial charge in [0.05, 0.1) is 5.39 Å². The monoisotopic (exact) mass is 225 g/mol. The van der Waals surface area contributed by atoms with Crippen LogP contribution in [0.5, 0.6) is 0 Å². The predicted octanol–water partition coefficient (Wildman–Crippen LogP) is 2.73. The number of pyridine rings is 1. The molecule has 0 radical (unpaired) electrons. The summed E-state index contributed by atoms with van der Waals surface area (Å²) in [7, 11) is 0. The van der Waals surface area contributed by atoms with Crippen LogP contribution in [-0.2, 0) is 0 Å². The number of nitrogens with zero attached hydrogens (tertiary/aromatic N) is 1. The van der Waals surface area contributed by atoms with E-state index < -0.39 is 11.8 Å². The number of hydrogen-bond acceptors (Lipinski definition) is 2. The van der Waals surface area contributed by atoms with Crippen molar-refractivity contribution >= 4 is 28.3 Å².